The van der Waals surface area contributed by atoms with Crippen LogP contribution in [0.5, 0.6) is 5.75 Å². The molecule has 150 valence electrons. The third-order valence-electron chi connectivity index (χ3n) is 4.59. The fourth-order valence-electron chi connectivity index (χ4n) is 2.94. The summed E-state index contributed by atoms with van der Waals surface area (Å²) in [5, 5.41) is 16.0. The Morgan fingerprint density at radius 1 is 1.07 bits per heavy atom. The van der Waals surface area contributed by atoms with Crippen molar-refractivity contribution in [1.29, 1.82) is 0 Å². The Morgan fingerprint density at radius 2 is 1.75 bits per heavy atom. The number of aryl methyl sites for hydroxylation is 1. The van der Waals surface area contributed by atoms with Crippen molar-refractivity contribution < 1.29 is 19.4 Å². The molecule has 0 atom stereocenters. The number of rotatable bonds is 5. The van der Waals surface area contributed by atoms with Gasteiger partial charge in [0, 0.05) is 16.9 Å². The van der Waals surface area contributed by atoms with Gasteiger partial charge in [-0.05, 0) is 48.6 Å². The molecule has 0 aliphatic carbocycles. The highest BCUT2D eigenvalue weighted by Crippen LogP contribution is 2.31. The maximum Gasteiger partial charge on any atom is 0.337 e. The molecule has 0 fully saturated rings. The predicted octanol–water partition coefficient (Wildman–Crippen LogP) is 4.14. The normalized spacial score (nSPS) is 11.1. The van der Waals surface area contributed by atoms with Crippen molar-refractivity contribution in [1.82, 2.24) is 0 Å². The number of ether oxygens (including phenoxy) is 1. The van der Waals surface area contributed by atoms with E-state index in [9.17, 15) is 14.7 Å². The zero-order valence-electron chi connectivity index (χ0n) is 17.3. The molecular weight excluding hydrogens is 356 g/mol. The number of phenolic OH excluding ortho intramolecular Hbond substituents is 1. The number of esters is 1. The van der Waals surface area contributed by atoms with E-state index in [1.54, 1.807) is 25.1 Å². The number of methoxy groups -OCH3 is 1. The van der Waals surface area contributed by atoms with E-state index in [0.29, 0.717) is 22.5 Å². The lowest BCUT2D eigenvalue weighted by atomic mass is 9.85. The highest BCUT2D eigenvalue weighted by Gasteiger charge is 2.21. The molecule has 2 aromatic rings. The summed E-state index contributed by atoms with van der Waals surface area (Å²) in [6, 6.07) is 8.78. The Labute approximate surface area is 165 Å². The lowest BCUT2D eigenvalue weighted by molar-refractivity contribution is -0.114. The number of hydrogen-bond acceptors (Lipinski definition) is 5. The van der Waals surface area contributed by atoms with Crippen LogP contribution in [0.4, 0.5) is 11.4 Å². The largest absolute Gasteiger partial charge is 0.507 e. The molecule has 0 heterocycles. The summed E-state index contributed by atoms with van der Waals surface area (Å²) < 4.78 is 4.77. The van der Waals surface area contributed by atoms with Crippen molar-refractivity contribution in [3.05, 3.63) is 52.6 Å². The molecule has 28 heavy (non-hydrogen) atoms. The van der Waals surface area contributed by atoms with Gasteiger partial charge < -0.3 is 20.5 Å². The fourth-order valence-corrected chi connectivity index (χ4v) is 2.94. The molecule has 3 N–H and O–H groups in total. The van der Waals surface area contributed by atoms with Gasteiger partial charge >= 0.3 is 5.97 Å². The van der Waals surface area contributed by atoms with E-state index in [4.69, 9.17) is 4.74 Å². The molecule has 2 aromatic carbocycles. The minimum Gasteiger partial charge on any atom is -0.507 e. The lowest BCUT2D eigenvalue weighted by Gasteiger charge is -2.24. The van der Waals surface area contributed by atoms with Crippen molar-refractivity contribution in [3.63, 3.8) is 0 Å². The van der Waals surface area contributed by atoms with Crippen molar-refractivity contribution >= 4 is 23.3 Å². The summed E-state index contributed by atoms with van der Waals surface area (Å²) in [5.41, 5.74) is 3.81. The minimum absolute atomic E-state index is 0.0232. The lowest BCUT2D eigenvalue weighted by Crippen LogP contribution is -2.25. The summed E-state index contributed by atoms with van der Waals surface area (Å²) in [7, 11) is 1.32. The number of carbonyl (C=O) groups excluding carboxylic acids is 2. The van der Waals surface area contributed by atoms with E-state index in [1.165, 1.54) is 7.11 Å². The molecule has 6 heteroatoms. The average molecular weight is 384 g/mol. The van der Waals surface area contributed by atoms with Gasteiger partial charge in [-0.1, -0.05) is 32.9 Å². The molecular formula is C22H28N2O4. The van der Waals surface area contributed by atoms with Gasteiger partial charge in [0.05, 0.1) is 19.2 Å². The molecule has 0 aliphatic heterocycles. The molecule has 2 rings (SSSR count). The molecule has 6 nitrogen and oxygen atoms in total. The third-order valence-corrected chi connectivity index (χ3v) is 4.59. The van der Waals surface area contributed by atoms with Crippen LogP contribution in [0.15, 0.2) is 30.3 Å². The van der Waals surface area contributed by atoms with Crippen molar-refractivity contribution in [2.24, 2.45) is 0 Å². The molecule has 1 amide bonds. The van der Waals surface area contributed by atoms with Gasteiger partial charge in [0.15, 0.2) is 0 Å². The Bertz CT molecular complexity index is 898. The Hall–Kier alpha value is -3.02. The summed E-state index contributed by atoms with van der Waals surface area (Å²) in [5.74, 6) is -0.502. The number of anilines is 2. The van der Waals surface area contributed by atoms with Gasteiger partial charge in [-0.2, -0.15) is 0 Å². The van der Waals surface area contributed by atoms with Gasteiger partial charge in [-0.15, -0.1) is 0 Å². The van der Waals surface area contributed by atoms with Crippen LogP contribution in [0.2, 0.25) is 0 Å². The van der Waals surface area contributed by atoms with Gasteiger partial charge in [0.25, 0.3) is 0 Å². The number of hydrogen-bond donors (Lipinski definition) is 3. The first kappa shape index (κ1) is 21.3. The van der Waals surface area contributed by atoms with Crippen molar-refractivity contribution in [2.45, 2.75) is 40.0 Å². The van der Waals surface area contributed by atoms with Crippen molar-refractivity contribution in [3.8, 4) is 5.75 Å². The number of phenols is 1. The summed E-state index contributed by atoms with van der Waals surface area (Å²) in [6.07, 6.45) is 0. The Morgan fingerprint density at radius 3 is 2.36 bits per heavy atom. The highest BCUT2D eigenvalue weighted by molar-refractivity contribution is 5.97. The average Bonchev–Trinajstić information content (AvgIpc) is 2.64. The first-order valence-electron chi connectivity index (χ1n) is 9.10. The van der Waals surface area contributed by atoms with E-state index in [-0.39, 0.29) is 23.6 Å². The molecule has 0 aromatic heterocycles. The van der Waals surface area contributed by atoms with Crippen LogP contribution in [0, 0.1) is 13.8 Å². The number of benzene rings is 2. The maximum atomic E-state index is 12.5. The molecule has 0 spiro atoms. The van der Waals surface area contributed by atoms with Gasteiger partial charge in [-0.3, -0.25) is 4.79 Å². The number of amides is 1. The minimum atomic E-state index is -0.458. The van der Waals surface area contributed by atoms with Crippen molar-refractivity contribution in [2.75, 3.05) is 24.3 Å². The maximum absolute atomic E-state index is 12.5. The number of aromatic hydroxyl groups is 1. The zero-order valence-corrected chi connectivity index (χ0v) is 17.3. The van der Waals surface area contributed by atoms with Crippen LogP contribution in [-0.4, -0.2) is 30.6 Å². The van der Waals surface area contributed by atoms with Crippen LogP contribution >= 0.6 is 0 Å². The number of carbonyl (C=O) groups is 2. The first-order chi connectivity index (χ1) is 13.0. The van der Waals surface area contributed by atoms with Crippen LogP contribution in [0.1, 0.15) is 47.8 Å². The topological polar surface area (TPSA) is 87.7 Å². The standard InChI is InChI=1S/C22H28N2O4/c1-13-7-10-17(14(2)20(13)26)23-12-19(25)24-18-11-15(21(27)28-6)8-9-16(18)22(3,4)5/h7-11,23,26H,12H2,1-6H3,(H,24,25). The highest BCUT2D eigenvalue weighted by atomic mass is 16.5. The van der Waals surface area contributed by atoms with E-state index in [2.05, 4.69) is 10.6 Å². The zero-order chi connectivity index (χ0) is 21.1. The van der Waals surface area contributed by atoms with E-state index >= 15 is 0 Å². The summed E-state index contributed by atoms with van der Waals surface area (Å²) >= 11 is 0. The molecule has 0 radical (unpaired) electrons. The monoisotopic (exact) mass is 384 g/mol. The van der Waals surface area contributed by atoms with Crippen LogP contribution in [0.3, 0.4) is 0 Å². The summed E-state index contributed by atoms with van der Waals surface area (Å²) in [4.78, 5) is 24.4. The van der Waals surface area contributed by atoms with Crippen LogP contribution in [-0.2, 0) is 14.9 Å². The predicted molar refractivity (Wildman–Crippen MR) is 111 cm³/mol. The Balaban J connectivity index is 2.20. The van der Waals surface area contributed by atoms with Gasteiger partial charge in [-0.25, -0.2) is 4.79 Å². The molecule has 0 saturated heterocycles. The van der Waals surface area contributed by atoms with Gasteiger partial charge in [0.1, 0.15) is 5.75 Å². The SMILES string of the molecule is COC(=O)c1ccc(C(C)(C)C)c(NC(=O)CNc2ccc(C)c(O)c2C)c1. The first-order valence-corrected chi connectivity index (χ1v) is 9.10. The molecule has 0 bridgehead atoms. The quantitative estimate of drug-likeness (QED) is 0.674. The van der Waals surface area contributed by atoms with Crippen LogP contribution < -0.4 is 10.6 Å². The summed E-state index contributed by atoms with van der Waals surface area (Å²) in [6.45, 7) is 9.74. The van der Waals surface area contributed by atoms with E-state index in [1.807, 2.05) is 39.8 Å². The second-order valence-corrected chi connectivity index (χ2v) is 7.81. The molecule has 0 saturated carbocycles. The smallest absolute Gasteiger partial charge is 0.337 e. The van der Waals surface area contributed by atoms with Crippen LogP contribution in [0.25, 0.3) is 0 Å². The van der Waals surface area contributed by atoms with E-state index < -0.39 is 5.97 Å². The van der Waals surface area contributed by atoms with E-state index in [0.717, 1.165) is 11.1 Å². The number of nitrogens with one attached hydrogen (secondary N) is 2. The third kappa shape index (κ3) is 4.82. The molecule has 0 unspecified atom stereocenters. The second kappa shape index (κ2) is 8.33. The second-order valence-electron chi connectivity index (χ2n) is 7.81. The molecule has 0 aliphatic rings. The fraction of sp³-hybridized carbons (Fsp3) is 0.364. The van der Waals surface area contributed by atoms with Gasteiger partial charge in [0.2, 0.25) is 5.91 Å². The Kier molecular flexibility index (Phi) is 6.33.